The number of hydrogen-bond donors (Lipinski definition) is 2. The van der Waals surface area contributed by atoms with Crippen molar-refractivity contribution in [3.05, 3.63) is 0 Å². The first-order chi connectivity index (χ1) is 8.65. The van der Waals surface area contributed by atoms with Crippen LogP contribution in [0.1, 0.15) is 45.4 Å². The van der Waals surface area contributed by atoms with Crippen LogP contribution in [0, 0.1) is 11.8 Å². The van der Waals surface area contributed by atoms with Crippen molar-refractivity contribution in [3.8, 4) is 0 Å². The van der Waals surface area contributed by atoms with Crippen LogP contribution in [0.25, 0.3) is 0 Å². The average molecular weight is 256 g/mol. The molecule has 0 aromatic heterocycles. The van der Waals surface area contributed by atoms with Crippen molar-refractivity contribution in [1.29, 1.82) is 0 Å². The van der Waals surface area contributed by atoms with Gasteiger partial charge in [-0.25, -0.2) is 0 Å². The van der Waals surface area contributed by atoms with Gasteiger partial charge in [-0.3, -0.25) is 4.79 Å². The van der Waals surface area contributed by atoms with E-state index in [0.717, 1.165) is 51.7 Å². The van der Waals surface area contributed by atoms with Gasteiger partial charge in [-0.1, -0.05) is 6.92 Å². The number of rotatable bonds is 7. The van der Waals surface area contributed by atoms with E-state index in [-0.39, 0.29) is 17.9 Å². The zero-order valence-corrected chi connectivity index (χ0v) is 11.8. The lowest BCUT2D eigenvalue weighted by atomic mass is 9.77. The second kappa shape index (κ2) is 8.48. The molecule has 4 nitrogen and oxygen atoms in total. The molecule has 3 atom stereocenters. The van der Waals surface area contributed by atoms with Gasteiger partial charge < -0.3 is 15.8 Å². The van der Waals surface area contributed by atoms with Gasteiger partial charge in [0.2, 0.25) is 5.91 Å². The van der Waals surface area contributed by atoms with E-state index in [4.69, 9.17) is 10.5 Å². The number of carbonyl (C=O) groups excluding carboxylic acids is 1. The van der Waals surface area contributed by atoms with Crippen molar-refractivity contribution in [3.63, 3.8) is 0 Å². The maximum atomic E-state index is 12.1. The summed E-state index contributed by atoms with van der Waals surface area (Å²) in [6, 6.07) is 0.207. The smallest absolute Gasteiger partial charge is 0.223 e. The van der Waals surface area contributed by atoms with Crippen molar-refractivity contribution in [2.45, 2.75) is 51.5 Å². The van der Waals surface area contributed by atoms with Crippen LogP contribution in [0.15, 0.2) is 0 Å². The maximum absolute atomic E-state index is 12.1. The van der Waals surface area contributed by atoms with E-state index >= 15 is 0 Å². The van der Waals surface area contributed by atoms with E-state index in [2.05, 4.69) is 12.2 Å². The molecule has 0 bridgehead atoms. The number of unbranched alkanes of at least 4 members (excludes halogenated alkanes) is 2. The van der Waals surface area contributed by atoms with Gasteiger partial charge in [0.05, 0.1) is 0 Å². The van der Waals surface area contributed by atoms with Crippen LogP contribution in [-0.4, -0.2) is 32.2 Å². The molecule has 1 saturated carbocycles. The van der Waals surface area contributed by atoms with Gasteiger partial charge >= 0.3 is 0 Å². The molecule has 1 aliphatic carbocycles. The Morgan fingerprint density at radius 3 is 2.83 bits per heavy atom. The minimum Gasteiger partial charge on any atom is -0.385 e. The predicted octanol–water partition coefficient (Wildman–Crippen LogP) is 1.68. The average Bonchev–Trinajstić information content (AvgIpc) is 2.36. The van der Waals surface area contributed by atoms with E-state index in [0.29, 0.717) is 5.92 Å². The number of ether oxygens (including phenoxy) is 1. The summed E-state index contributed by atoms with van der Waals surface area (Å²) in [5.74, 6) is 0.787. The quantitative estimate of drug-likeness (QED) is 0.681. The summed E-state index contributed by atoms with van der Waals surface area (Å²) in [6.45, 7) is 3.75. The van der Waals surface area contributed by atoms with E-state index in [1.54, 1.807) is 7.11 Å². The number of methoxy groups -OCH3 is 1. The normalized spacial score (nSPS) is 28.1. The largest absolute Gasteiger partial charge is 0.385 e. The molecule has 1 fully saturated rings. The molecular formula is C14H28N2O2. The molecule has 4 heteroatoms. The Morgan fingerprint density at radius 2 is 2.11 bits per heavy atom. The maximum Gasteiger partial charge on any atom is 0.223 e. The van der Waals surface area contributed by atoms with Gasteiger partial charge in [-0.2, -0.15) is 0 Å². The fourth-order valence-corrected chi connectivity index (χ4v) is 2.61. The highest BCUT2D eigenvalue weighted by molar-refractivity contribution is 5.79. The van der Waals surface area contributed by atoms with Crippen molar-refractivity contribution < 1.29 is 9.53 Å². The number of nitrogens with two attached hydrogens (primary N) is 1. The monoisotopic (exact) mass is 256 g/mol. The summed E-state index contributed by atoms with van der Waals surface area (Å²) in [7, 11) is 1.72. The fourth-order valence-electron chi connectivity index (χ4n) is 2.61. The summed E-state index contributed by atoms with van der Waals surface area (Å²) in [4.78, 5) is 12.1. The first kappa shape index (κ1) is 15.4. The molecule has 3 N–H and O–H groups in total. The minimum absolute atomic E-state index is 0.118. The van der Waals surface area contributed by atoms with Gasteiger partial charge in [0.25, 0.3) is 0 Å². The SMILES string of the molecule is COCCCCCNC(=O)C1CC(N)CCC1C. The van der Waals surface area contributed by atoms with Gasteiger partial charge in [0.15, 0.2) is 0 Å². The Balaban J connectivity index is 2.15. The summed E-state index contributed by atoms with van der Waals surface area (Å²) >= 11 is 0. The van der Waals surface area contributed by atoms with Crippen LogP contribution in [-0.2, 0) is 9.53 Å². The standard InChI is InChI=1S/C14H28N2O2/c1-11-6-7-12(15)10-13(11)14(17)16-8-4-3-5-9-18-2/h11-13H,3-10,15H2,1-2H3,(H,16,17). The minimum atomic E-state index is 0.118. The first-order valence-electron chi connectivity index (χ1n) is 7.17. The number of nitrogens with one attached hydrogen (secondary N) is 1. The molecule has 0 saturated heterocycles. The predicted molar refractivity (Wildman–Crippen MR) is 73.2 cm³/mol. The third-order valence-corrected chi connectivity index (χ3v) is 3.90. The zero-order chi connectivity index (χ0) is 13.4. The van der Waals surface area contributed by atoms with E-state index in [1.807, 2.05) is 0 Å². The second-order valence-corrected chi connectivity index (χ2v) is 5.50. The molecule has 18 heavy (non-hydrogen) atoms. The molecule has 0 aromatic carbocycles. The Bertz CT molecular complexity index is 246. The Morgan fingerprint density at radius 1 is 1.33 bits per heavy atom. The highest BCUT2D eigenvalue weighted by atomic mass is 16.5. The van der Waals surface area contributed by atoms with Gasteiger partial charge in [-0.15, -0.1) is 0 Å². The summed E-state index contributed by atoms with van der Waals surface area (Å²) < 4.78 is 4.99. The lowest BCUT2D eigenvalue weighted by molar-refractivity contribution is -0.127. The van der Waals surface area contributed by atoms with Crippen LogP contribution < -0.4 is 11.1 Å². The molecule has 0 radical (unpaired) electrons. The summed E-state index contributed by atoms with van der Waals surface area (Å²) in [5.41, 5.74) is 5.94. The first-order valence-corrected chi connectivity index (χ1v) is 7.17. The molecule has 0 aliphatic heterocycles. The van der Waals surface area contributed by atoms with Gasteiger partial charge in [0.1, 0.15) is 0 Å². The molecule has 0 spiro atoms. The molecule has 0 heterocycles. The number of amides is 1. The molecule has 1 rings (SSSR count). The summed E-state index contributed by atoms with van der Waals surface area (Å²) in [6.07, 6.45) is 6.18. The van der Waals surface area contributed by atoms with Gasteiger partial charge in [0, 0.05) is 32.2 Å². The van der Waals surface area contributed by atoms with E-state index in [1.165, 1.54) is 0 Å². The van der Waals surface area contributed by atoms with Crippen LogP contribution in [0.4, 0.5) is 0 Å². The second-order valence-electron chi connectivity index (χ2n) is 5.50. The fraction of sp³-hybridized carbons (Fsp3) is 0.929. The molecular weight excluding hydrogens is 228 g/mol. The topological polar surface area (TPSA) is 64.3 Å². The van der Waals surface area contributed by atoms with Crippen molar-refractivity contribution in [2.24, 2.45) is 17.6 Å². The number of carbonyl (C=O) groups is 1. The highest BCUT2D eigenvalue weighted by Gasteiger charge is 2.30. The van der Waals surface area contributed by atoms with Crippen LogP contribution >= 0.6 is 0 Å². The van der Waals surface area contributed by atoms with Crippen molar-refractivity contribution >= 4 is 5.91 Å². The Hall–Kier alpha value is -0.610. The van der Waals surface area contributed by atoms with Crippen molar-refractivity contribution in [2.75, 3.05) is 20.3 Å². The Labute approximate surface area is 111 Å². The molecule has 106 valence electrons. The molecule has 1 amide bonds. The zero-order valence-electron chi connectivity index (χ0n) is 11.8. The van der Waals surface area contributed by atoms with Crippen LogP contribution in [0.3, 0.4) is 0 Å². The highest BCUT2D eigenvalue weighted by Crippen LogP contribution is 2.29. The summed E-state index contributed by atoms with van der Waals surface area (Å²) in [5, 5.41) is 3.04. The third kappa shape index (κ3) is 5.36. The van der Waals surface area contributed by atoms with Gasteiger partial charge in [-0.05, 0) is 44.4 Å². The molecule has 1 aliphatic rings. The molecule has 0 aromatic rings. The van der Waals surface area contributed by atoms with E-state index < -0.39 is 0 Å². The van der Waals surface area contributed by atoms with E-state index in [9.17, 15) is 4.79 Å². The third-order valence-electron chi connectivity index (χ3n) is 3.90. The molecule has 3 unspecified atom stereocenters. The lowest BCUT2D eigenvalue weighted by Gasteiger charge is -2.31. The number of hydrogen-bond acceptors (Lipinski definition) is 3. The van der Waals surface area contributed by atoms with Crippen LogP contribution in [0.5, 0.6) is 0 Å². The van der Waals surface area contributed by atoms with Crippen molar-refractivity contribution in [1.82, 2.24) is 5.32 Å². The van der Waals surface area contributed by atoms with Crippen LogP contribution in [0.2, 0.25) is 0 Å². The Kier molecular flexibility index (Phi) is 7.28. The lowest BCUT2D eigenvalue weighted by Crippen LogP contribution is -2.41.